The standard InChI is InChI=1S/C12H13BrN4O/c1-3-17-9(7-8(2)16-17)12(18)15-11-6-4-5-10(13)14-11/h4-7H,3H2,1-2H3,(H,14,15,18). The molecule has 0 aliphatic carbocycles. The number of aryl methyl sites for hydroxylation is 2. The molecule has 0 saturated carbocycles. The Hall–Kier alpha value is -1.69. The highest BCUT2D eigenvalue weighted by atomic mass is 79.9. The van der Waals surface area contributed by atoms with Crippen molar-refractivity contribution in [1.82, 2.24) is 14.8 Å². The Morgan fingerprint density at radius 2 is 2.28 bits per heavy atom. The molecule has 94 valence electrons. The monoisotopic (exact) mass is 308 g/mol. The highest BCUT2D eigenvalue weighted by Gasteiger charge is 2.13. The first kappa shape index (κ1) is 12.8. The minimum Gasteiger partial charge on any atom is -0.305 e. The molecule has 0 aliphatic heterocycles. The third-order valence-electron chi connectivity index (χ3n) is 2.39. The van der Waals surface area contributed by atoms with Crippen molar-refractivity contribution in [2.75, 3.05) is 5.32 Å². The SMILES string of the molecule is CCn1nc(C)cc1C(=O)Nc1cccc(Br)n1. The molecule has 2 aromatic rings. The Kier molecular flexibility index (Phi) is 3.76. The molecule has 1 amide bonds. The lowest BCUT2D eigenvalue weighted by molar-refractivity contribution is 0.101. The van der Waals surface area contributed by atoms with Crippen LogP contribution in [0.5, 0.6) is 0 Å². The van der Waals surface area contributed by atoms with E-state index in [-0.39, 0.29) is 5.91 Å². The van der Waals surface area contributed by atoms with Gasteiger partial charge in [-0.15, -0.1) is 0 Å². The Labute approximate surface area is 113 Å². The number of pyridine rings is 1. The molecule has 0 saturated heterocycles. The fourth-order valence-electron chi connectivity index (χ4n) is 1.63. The second-order valence-corrected chi connectivity index (χ2v) is 4.60. The molecule has 0 aliphatic rings. The average Bonchev–Trinajstić information content (AvgIpc) is 2.70. The van der Waals surface area contributed by atoms with Crippen LogP contribution in [0.4, 0.5) is 5.82 Å². The molecule has 5 nitrogen and oxygen atoms in total. The van der Waals surface area contributed by atoms with E-state index < -0.39 is 0 Å². The van der Waals surface area contributed by atoms with Gasteiger partial charge in [0.15, 0.2) is 0 Å². The van der Waals surface area contributed by atoms with Crippen molar-refractivity contribution in [2.24, 2.45) is 0 Å². The number of anilines is 1. The Balaban J connectivity index is 2.21. The van der Waals surface area contributed by atoms with E-state index in [2.05, 4.69) is 31.3 Å². The number of amides is 1. The summed E-state index contributed by atoms with van der Waals surface area (Å²) in [7, 11) is 0. The number of nitrogens with zero attached hydrogens (tertiary/aromatic N) is 3. The Morgan fingerprint density at radius 1 is 1.50 bits per heavy atom. The lowest BCUT2D eigenvalue weighted by Crippen LogP contribution is -2.17. The normalized spacial score (nSPS) is 10.4. The van der Waals surface area contributed by atoms with Crippen LogP contribution >= 0.6 is 15.9 Å². The first-order chi connectivity index (χ1) is 8.60. The van der Waals surface area contributed by atoms with Crippen molar-refractivity contribution < 1.29 is 4.79 Å². The summed E-state index contributed by atoms with van der Waals surface area (Å²) in [5.41, 5.74) is 1.36. The van der Waals surface area contributed by atoms with E-state index >= 15 is 0 Å². The van der Waals surface area contributed by atoms with Gasteiger partial charge in [-0.25, -0.2) is 4.98 Å². The summed E-state index contributed by atoms with van der Waals surface area (Å²) >= 11 is 3.26. The van der Waals surface area contributed by atoms with Gasteiger partial charge in [0, 0.05) is 6.54 Å². The molecule has 0 unspecified atom stereocenters. The van der Waals surface area contributed by atoms with Gasteiger partial charge in [-0.1, -0.05) is 6.07 Å². The van der Waals surface area contributed by atoms with Gasteiger partial charge in [0.05, 0.1) is 5.69 Å². The van der Waals surface area contributed by atoms with Gasteiger partial charge in [0.25, 0.3) is 5.91 Å². The maximum absolute atomic E-state index is 12.1. The number of aromatic nitrogens is 3. The zero-order valence-electron chi connectivity index (χ0n) is 10.1. The summed E-state index contributed by atoms with van der Waals surface area (Å²) in [5, 5.41) is 6.98. The van der Waals surface area contributed by atoms with Crippen molar-refractivity contribution in [3.05, 3.63) is 40.3 Å². The summed E-state index contributed by atoms with van der Waals surface area (Å²) in [6, 6.07) is 7.12. The summed E-state index contributed by atoms with van der Waals surface area (Å²) in [5.74, 6) is 0.305. The second kappa shape index (κ2) is 5.30. The van der Waals surface area contributed by atoms with E-state index in [9.17, 15) is 4.79 Å². The van der Waals surface area contributed by atoms with Gasteiger partial charge in [-0.05, 0) is 48.0 Å². The van der Waals surface area contributed by atoms with Gasteiger partial charge >= 0.3 is 0 Å². The van der Waals surface area contributed by atoms with Crippen molar-refractivity contribution >= 4 is 27.7 Å². The molecular formula is C12H13BrN4O. The lowest BCUT2D eigenvalue weighted by atomic mass is 10.3. The first-order valence-corrected chi connectivity index (χ1v) is 6.38. The molecule has 2 aromatic heterocycles. The van der Waals surface area contributed by atoms with E-state index in [0.717, 1.165) is 5.69 Å². The molecule has 2 heterocycles. The van der Waals surface area contributed by atoms with Crippen LogP contribution in [0.2, 0.25) is 0 Å². The number of hydrogen-bond acceptors (Lipinski definition) is 3. The number of hydrogen-bond donors (Lipinski definition) is 1. The number of halogens is 1. The van der Waals surface area contributed by atoms with Crippen molar-refractivity contribution in [3.8, 4) is 0 Å². The van der Waals surface area contributed by atoms with Crippen LogP contribution in [0.3, 0.4) is 0 Å². The molecule has 6 heteroatoms. The van der Waals surface area contributed by atoms with Crippen LogP contribution in [0.25, 0.3) is 0 Å². The first-order valence-electron chi connectivity index (χ1n) is 5.58. The van der Waals surface area contributed by atoms with E-state index in [1.54, 1.807) is 22.9 Å². The van der Waals surface area contributed by atoms with E-state index in [1.807, 2.05) is 19.9 Å². The number of nitrogens with one attached hydrogen (secondary N) is 1. The van der Waals surface area contributed by atoms with Crippen LogP contribution in [0.1, 0.15) is 23.1 Å². The highest BCUT2D eigenvalue weighted by molar-refractivity contribution is 9.10. The molecule has 2 rings (SSSR count). The summed E-state index contributed by atoms with van der Waals surface area (Å²) in [4.78, 5) is 16.2. The van der Waals surface area contributed by atoms with Gasteiger partial charge in [-0.3, -0.25) is 9.48 Å². The maximum atomic E-state index is 12.1. The minimum absolute atomic E-state index is 0.206. The van der Waals surface area contributed by atoms with Gasteiger partial charge in [0.1, 0.15) is 16.1 Å². The molecule has 0 radical (unpaired) electrons. The van der Waals surface area contributed by atoms with Crippen molar-refractivity contribution in [1.29, 1.82) is 0 Å². The predicted molar refractivity (Wildman–Crippen MR) is 72.5 cm³/mol. The summed E-state index contributed by atoms with van der Waals surface area (Å²) in [6.07, 6.45) is 0. The van der Waals surface area contributed by atoms with Crippen LogP contribution in [-0.2, 0) is 6.54 Å². The molecule has 18 heavy (non-hydrogen) atoms. The molecule has 0 bridgehead atoms. The molecule has 1 N–H and O–H groups in total. The van der Waals surface area contributed by atoms with Crippen LogP contribution in [0.15, 0.2) is 28.9 Å². The van der Waals surface area contributed by atoms with Gasteiger partial charge in [-0.2, -0.15) is 5.10 Å². The van der Waals surface area contributed by atoms with Crippen LogP contribution in [-0.4, -0.2) is 20.7 Å². The van der Waals surface area contributed by atoms with Gasteiger partial charge in [0.2, 0.25) is 0 Å². The molecular weight excluding hydrogens is 296 g/mol. The fourth-order valence-corrected chi connectivity index (χ4v) is 1.97. The Bertz CT molecular complexity index is 579. The minimum atomic E-state index is -0.206. The van der Waals surface area contributed by atoms with E-state index in [4.69, 9.17) is 0 Å². The summed E-state index contributed by atoms with van der Waals surface area (Å²) in [6.45, 7) is 4.46. The van der Waals surface area contributed by atoms with E-state index in [1.165, 1.54) is 0 Å². The second-order valence-electron chi connectivity index (χ2n) is 3.79. The molecule has 0 atom stereocenters. The third kappa shape index (κ3) is 2.76. The topological polar surface area (TPSA) is 59.8 Å². The molecule has 0 spiro atoms. The quantitative estimate of drug-likeness (QED) is 0.887. The lowest BCUT2D eigenvalue weighted by Gasteiger charge is -2.06. The zero-order chi connectivity index (χ0) is 13.1. The van der Waals surface area contributed by atoms with Gasteiger partial charge < -0.3 is 5.32 Å². The number of carbonyl (C=O) groups is 1. The average molecular weight is 309 g/mol. The highest BCUT2D eigenvalue weighted by Crippen LogP contribution is 2.12. The molecule has 0 fully saturated rings. The number of rotatable bonds is 3. The Morgan fingerprint density at radius 3 is 2.94 bits per heavy atom. The smallest absolute Gasteiger partial charge is 0.275 e. The third-order valence-corrected chi connectivity index (χ3v) is 2.83. The fraction of sp³-hybridized carbons (Fsp3) is 0.250. The number of carbonyl (C=O) groups excluding carboxylic acids is 1. The van der Waals surface area contributed by atoms with Crippen LogP contribution < -0.4 is 5.32 Å². The summed E-state index contributed by atoms with van der Waals surface area (Å²) < 4.78 is 2.35. The van der Waals surface area contributed by atoms with Crippen molar-refractivity contribution in [2.45, 2.75) is 20.4 Å². The van der Waals surface area contributed by atoms with E-state index in [0.29, 0.717) is 22.7 Å². The van der Waals surface area contributed by atoms with Crippen LogP contribution in [0, 0.1) is 6.92 Å². The largest absolute Gasteiger partial charge is 0.305 e. The van der Waals surface area contributed by atoms with Crippen molar-refractivity contribution in [3.63, 3.8) is 0 Å². The molecule has 0 aromatic carbocycles. The predicted octanol–water partition coefficient (Wildman–Crippen LogP) is 2.62. The maximum Gasteiger partial charge on any atom is 0.275 e. The zero-order valence-corrected chi connectivity index (χ0v) is 11.7.